The number of aryl methyl sites for hydroxylation is 3. The number of nitrogens with one attached hydrogen (secondary N) is 1. The van der Waals surface area contributed by atoms with E-state index < -0.39 is 11.2 Å². The summed E-state index contributed by atoms with van der Waals surface area (Å²) in [6.45, 7) is 5.95. The van der Waals surface area contributed by atoms with Crippen molar-refractivity contribution in [2.24, 2.45) is 0 Å². The number of nitriles is 1. The van der Waals surface area contributed by atoms with Crippen molar-refractivity contribution >= 4 is 35.0 Å². The van der Waals surface area contributed by atoms with Crippen molar-refractivity contribution in [1.29, 1.82) is 5.26 Å². The summed E-state index contributed by atoms with van der Waals surface area (Å²) in [4.78, 5) is 28.2. The molecule has 170 valence electrons. The Labute approximate surface area is 204 Å². The topological polar surface area (TPSA) is 73.2 Å². The number of benzene rings is 3. The third-order valence-corrected chi connectivity index (χ3v) is 6.91. The standard InChI is InChI=1S/C28H25N3O2S/c1-18-4-10-21(11-5-18)16-25-27(33)31(23-14-8-20(3)9-15-23)28(34-25)24(17-29)26(32)30-22-12-6-19(2)7-13-22/h4-15,25H,16H2,1-3H3,(H,30,32)/b28-24-. The third-order valence-electron chi connectivity index (χ3n) is 5.65. The molecular weight excluding hydrogens is 442 g/mol. The van der Waals surface area contributed by atoms with E-state index in [4.69, 9.17) is 0 Å². The van der Waals surface area contributed by atoms with E-state index in [0.717, 1.165) is 22.3 Å². The van der Waals surface area contributed by atoms with E-state index in [9.17, 15) is 14.9 Å². The average Bonchev–Trinajstić information content (AvgIpc) is 3.13. The molecule has 2 amide bonds. The van der Waals surface area contributed by atoms with Gasteiger partial charge in [0.15, 0.2) is 0 Å². The average molecular weight is 468 g/mol. The summed E-state index contributed by atoms with van der Waals surface area (Å²) in [5.41, 5.74) is 5.46. The lowest BCUT2D eigenvalue weighted by Gasteiger charge is -2.19. The molecule has 4 rings (SSSR count). The molecule has 5 nitrogen and oxygen atoms in total. The number of hydrogen-bond donors (Lipinski definition) is 1. The number of anilines is 2. The summed E-state index contributed by atoms with van der Waals surface area (Å²) >= 11 is 1.27. The zero-order valence-electron chi connectivity index (χ0n) is 19.3. The molecule has 1 saturated heterocycles. The predicted molar refractivity (Wildman–Crippen MR) is 137 cm³/mol. The minimum absolute atomic E-state index is 0.0779. The zero-order chi connectivity index (χ0) is 24.2. The number of amides is 2. The van der Waals surface area contributed by atoms with Crippen molar-refractivity contribution in [3.63, 3.8) is 0 Å². The predicted octanol–water partition coefficient (Wildman–Crippen LogP) is 5.68. The molecule has 1 fully saturated rings. The van der Waals surface area contributed by atoms with Gasteiger partial charge in [-0.2, -0.15) is 5.26 Å². The molecule has 1 aliphatic heterocycles. The Kier molecular flexibility index (Phi) is 6.85. The molecule has 3 aromatic carbocycles. The van der Waals surface area contributed by atoms with Gasteiger partial charge in [-0.05, 0) is 57.0 Å². The molecule has 1 atom stereocenters. The van der Waals surface area contributed by atoms with Gasteiger partial charge in [-0.1, -0.05) is 77.0 Å². The van der Waals surface area contributed by atoms with Crippen LogP contribution in [-0.4, -0.2) is 17.1 Å². The Bertz CT molecular complexity index is 1290. The molecule has 6 heteroatoms. The van der Waals surface area contributed by atoms with E-state index in [0.29, 0.717) is 22.8 Å². The maximum Gasteiger partial charge on any atom is 0.269 e. The first kappa shape index (κ1) is 23.3. The molecule has 0 saturated carbocycles. The summed E-state index contributed by atoms with van der Waals surface area (Å²) in [6, 6.07) is 25.0. The highest BCUT2D eigenvalue weighted by Gasteiger charge is 2.40. The van der Waals surface area contributed by atoms with Crippen LogP contribution in [0.25, 0.3) is 0 Å². The number of rotatable bonds is 5. The second-order valence-electron chi connectivity index (χ2n) is 8.42. The monoisotopic (exact) mass is 467 g/mol. The minimum Gasteiger partial charge on any atom is -0.321 e. The van der Waals surface area contributed by atoms with Gasteiger partial charge in [-0.25, -0.2) is 0 Å². The van der Waals surface area contributed by atoms with E-state index in [1.807, 2.05) is 81.4 Å². The highest BCUT2D eigenvalue weighted by molar-refractivity contribution is 8.05. The van der Waals surface area contributed by atoms with Crippen molar-refractivity contribution in [1.82, 2.24) is 0 Å². The Balaban J connectivity index is 1.71. The van der Waals surface area contributed by atoms with Gasteiger partial charge in [0.2, 0.25) is 5.91 Å². The van der Waals surface area contributed by atoms with Crippen LogP contribution in [0.2, 0.25) is 0 Å². The van der Waals surface area contributed by atoms with Crippen molar-refractivity contribution in [2.75, 3.05) is 10.2 Å². The van der Waals surface area contributed by atoms with Gasteiger partial charge < -0.3 is 5.32 Å². The van der Waals surface area contributed by atoms with E-state index in [1.54, 1.807) is 12.1 Å². The van der Waals surface area contributed by atoms with Gasteiger partial charge >= 0.3 is 0 Å². The fourth-order valence-electron chi connectivity index (χ4n) is 3.68. The first-order chi connectivity index (χ1) is 16.4. The second kappa shape index (κ2) is 9.98. The van der Waals surface area contributed by atoms with Gasteiger partial charge in [-0.3, -0.25) is 14.5 Å². The molecule has 0 spiro atoms. The third kappa shape index (κ3) is 5.05. The highest BCUT2D eigenvalue weighted by Crippen LogP contribution is 2.42. The van der Waals surface area contributed by atoms with Gasteiger partial charge in [0.05, 0.1) is 5.25 Å². The molecule has 1 aliphatic rings. The summed E-state index contributed by atoms with van der Waals surface area (Å²) < 4.78 is 0. The maximum absolute atomic E-state index is 13.5. The molecule has 0 aliphatic carbocycles. The van der Waals surface area contributed by atoms with Gasteiger partial charge in [-0.15, -0.1) is 0 Å². The quantitative estimate of drug-likeness (QED) is 0.387. The van der Waals surface area contributed by atoms with Crippen LogP contribution >= 0.6 is 11.8 Å². The van der Waals surface area contributed by atoms with E-state index in [2.05, 4.69) is 11.4 Å². The van der Waals surface area contributed by atoms with Gasteiger partial charge in [0.25, 0.3) is 5.91 Å². The minimum atomic E-state index is -0.533. The van der Waals surface area contributed by atoms with Crippen LogP contribution in [-0.2, 0) is 16.0 Å². The molecule has 34 heavy (non-hydrogen) atoms. The molecule has 3 aromatic rings. The molecular formula is C28H25N3O2S. The molecule has 1 heterocycles. The summed E-state index contributed by atoms with van der Waals surface area (Å²) in [5.74, 6) is -0.671. The lowest BCUT2D eigenvalue weighted by Crippen LogP contribution is -2.30. The van der Waals surface area contributed by atoms with Crippen LogP contribution in [0.15, 0.2) is 83.4 Å². The Morgan fingerprint density at radius 2 is 1.44 bits per heavy atom. The number of carbonyl (C=O) groups excluding carboxylic acids is 2. The first-order valence-electron chi connectivity index (χ1n) is 11.0. The molecule has 1 unspecified atom stereocenters. The fourth-order valence-corrected chi connectivity index (χ4v) is 4.99. The maximum atomic E-state index is 13.5. The summed E-state index contributed by atoms with van der Waals surface area (Å²) in [6.07, 6.45) is 0.508. The Hall–Kier alpha value is -3.82. The summed E-state index contributed by atoms with van der Waals surface area (Å²) in [7, 11) is 0. The van der Waals surface area contributed by atoms with Crippen LogP contribution < -0.4 is 10.2 Å². The van der Waals surface area contributed by atoms with E-state index >= 15 is 0 Å². The van der Waals surface area contributed by atoms with E-state index in [-0.39, 0.29) is 11.5 Å². The van der Waals surface area contributed by atoms with Crippen LogP contribution in [0.3, 0.4) is 0 Å². The molecule has 0 aromatic heterocycles. The van der Waals surface area contributed by atoms with Crippen molar-refractivity contribution in [2.45, 2.75) is 32.4 Å². The lowest BCUT2D eigenvalue weighted by atomic mass is 10.1. The Morgan fingerprint density at radius 1 is 0.912 bits per heavy atom. The molecule has 0 radical (unpaired) electrons. The van der Waals surface area contributed by atoms with E-state index in [1.165, 1.54) is 16.7 Å². The second-order valence-corrected chi connectivity index (χ2v) is 9.61. The number of nitrogens with zero attached hydrogens (tertiary/aromatic N) is 2. The highest BCUT2D eigenvalue weighted by atomic mass is 32.2. The largest absolute Gasteiger partial charge is 0.321 e. The zero-order valence-corrected chi connectivity index (χ0v) is 20.1. The first-order valence-corrected chi connectivity index (χ1v) is 11.9. The molecule has 0 bridgehead atoms. The lowest BCUT2D eigenvalue weighted by molar-refractivity contribution is -0.117. The van der Waals surface area contributed by atoms with Crippen LogP contribution in [0.4, 0.5) is 11.4 Å². The summed E-state index contributed by atoms with van der Waals surface area (Å²) in [5, 5.41) is 12.7. The fraction of sp³-hybridized carbons (Fsp3) is 0.179. The Morgan fingerprint density at radius 3 is 2.00 bits per heavy atom. The molecule has 1 N–H and O–H groups in total. The smallest absolute Gasteiger partial charge is 0.269 e. The van der Waals surface area contributed by atoms with Crippen LogP contribution in [0.1, 0.15) is 22.3 Å². The SMILES string of the molecule is Cc1ccc(CC2S/C(=C(/C#N)C(=O)Nc3ccc(C)cc3)N(c3ccc(C)cc3)C2=O)cc1. The van der Waals surface area contributed by atoms with Crippen molar-refractivity contribution in [3.05, 3.63) is 106 Å². The number of carbonyl (C=O) groups is 2. The number of hydrogen-bond acceptors (Lipinski definition) is 4. The van der Waals surface area contributed by atoms with Gasteiger partial charge in [0, 0.05) is 11.4 Å². The van der Waals surface area contributed by atoms with Crippen molar-refractivity contribution < 1.29 is 9.59 Å². The van der Waals surface area contributed by atoms with Crippen molar-refractivity contribution in [3.8, 4) is 6.07 Å². The van der Waals surface area contributed by atoms with Crippen LogP contribution in [0.5, 0.6) is 0 Å². The normalized spacial score (nSPS) is 16.8. The van der Waals surface area contributed by atoms with Gasteiger partial charge in [0.1, 0.15) is 16.7 Å². The van der Waals surface area contributed by atoms with Crippen LogP contribution in [0, 0.1) is 32.1 Å². The number of thioether (sulfide) groups is 1.